The molecule has 2 nitrogen and oxygen atoms in total. The summed E-state index contributed by atoms with van der Waals surface area (Å²) in [5, 5.41) is 3.52. The summed E-state index contributed by atoms with van der Waals surface area (Å²) in [6.45, 7) is 0. The SMILES string of the molecule is CNC(Cc1ccc(Br)s1)C1(OC)CCCCCC1. The molecule has 2 rings (SSSR count). The van der Waals surface area contributed by atoms with E-state index in [1.807, 2.05) is 18.4 Å². The van der Waals surface area contributed by atoms with Crippen LogP contribution in [-0.2, 0) is 11.2 Å². The number of methoxy groups -OCH3 is 1. The highest BCUT2D eigenvalue weighted by Crippen LogP contribution is 2.35. The highest BCUT2D eigenvalue weighted by Gasteiger charge is 2.38. The van der Waals surface area contributed by atoms with Gasteiger partial charge in [0.15, 0.2) is 0 Å². The van der Waals surface area contributed by atoms with Crippen LogP contribution in [0, 0.1) is 0 Å². The second-order valence-corrected chi connectivity index (χ2v) is 7.98. The summed E-state index contributed by atoms with van der Waals surface area (Å²) in [5.74, 6) is 0. The summed E-state index contributed by atoms with van der Waals surface area (Å²) in [6.07, 6.45) is 8.71. The van der Waals surface area contributed by atoms with Crippen LogP contribution in [0.15, 0.2) is 15.9 Å². The molecule has 0 spiro atoms. The largest absolute Gasteiger partial charge is 0.377 e. The summed E-state index contributed by atoms with van der Waals surface area (Å²) in [7, 11) is 3.96. The molecule has 1 unspecified atom stereocenters. The first-order chi connectivity index (χ1) is 9.20. The Morgan fingerprint density at radius 2 is 2.00 bits per heavy atom. The lowest BCUT2D eigenvalue weighted by Crippen LogP contribution is -2.51. The van der Waals surface area contributed by atoms with Crippen molar-refractivity contribution in [3.63, 3.8) is 0 Å². The maximum absolute atomic E-state index is 6.02. The number of ether oxygens (including phenoxy) is 1. The third-order valence-corrected chi connectivity index (χ3v) is 6.02. The second-order valence-electron chi connectivity index (χ2n) is 5.43. The molecule has 0 bridgehead atoms. The van der Waals surface area contributed by atoms with E-state index in [2.05, 4.69) is 40.4 Å². The number of halogens is 1. The summed E-state index contributed by atoms with van der Waals surface area (Å²) in [4.78, 5) is 1.42. The van der Waals surface area contributed by atoms with Crippen LogP contribution in [0.4, 0.5) is 0 Å². The highest BCUT2D eigenvalue weighted by molar-refractivity contribution is 9.11. The minimum absolute atomic E-state index is 0.0156. The van der Waals surface area contributed by atoms with Crippen LogP contribution in [0.2, 0.25) is 0 Å². The molecular weight excluding hydrogens is 322 g/mol. The highest BCUT2D eigenvalue weighted by atomic mass is 79.9. The average molecular weight is 346 g/mol. The first-order valence-corrected chi connectivity index (χ1v) is 8.78. The van der Waals surface area contributed by atoms with E-state index in [1.165, 1.54) is 47.2 Å². The Bertz CT molecular complexity index is 385. The number of hydrogen-bond donors (Lipinski definition) is 1. The van der Waals surface area contributed by atoms with Gasteiger partial charge in [-0.25, -0.2) is 0 Å². The van der Waals surface area contributed by atoms with E-state index < -0.39 is 0 Å². The Morgan fingerprint density at radius 3 is 2.47 bits per heavy atom. The lowest BCUT2D eigenvalue weighted by Gasteiger charge is -2.39. The third kappa shape index (κ3) is 3.81. The molecule has 1 aromatic heterocycles. The Kier molecular flexibility index (Phi) is 5.87. The normalized spacial score (nSPS) is 21.0. The molecule has 0 aliphatic heterocycles. The van der Waals surface area contributed by atoms with Gasteiger partial charge in [0.25, 0.3) is 0 Å². The smallest absolute Gasteiger partial charge is 0.0834 e. The number of thiophene rings is 1. The molecule has 1 aliphatic rings. The van der Waals surface area contributed by atoms with E-state index in [0.717, 1.165) is 6.42 Å². The van der Waals surface area contributed by atoms with Crippen molar-refractivity contribution in [1.29, 1.82) is 0 Å². The molecule has 4 heteroatoms. The quantitative estimate of drug-likeness (QED) is 0.799. The molecule has 1 fully saturated rings. The second kappa shape index (κ2) is 7.21. The molecule has 1 heterocycles. The van der Waals surface area contributed by atoms with Gasteiger partial charge >= 0.3 is 0 Å². The van der Waals surface area contributed by atoms with E-state index in [0.29, 0.717) is 6.04 Å². The van der Waals surface area contributed by atoms with Crippen molar-refractivity contribution in [2.45, 2.75) is 56.6 Å². The number of rotatable bonds is 5. The fourth-order valence-electron chi connectivity index (χ4n) is 3.24. The Morgan fingerprint density at radius 1 is 1.32 bits per heavy atom. The summed E-state index contributed by atoms with van der Waals surface area (Å²) in [5.41, 5.74) is 0.0156. The van der Waals surface area contributed by atoms with E-state index in [4.69, 9.17) is 4.74 Å². The zero-order valence-electron chi connectivity index (χ0n) is 11.9. The van der Waals surface area contributed by atoms with Crippen LogP contribution >= 0.6 is 27.3 Å². The summed E-state index contributed by atoms with van der Waals surface area (Å²) in [6, 6.07) is 4.76. The summed E-state index contributed by atoms with van der Waals surface area (Å²) < 4.78 is 7.23. The van der Waals surface area contributed by atoms with Gasteiger partial charge in [-0.05, 0) is 54.4 Å². The van der Waals surface area contributed by atoms with Gasteiger partial charge in [-0.2, -0.15) is 0 Å². The van der Waals surface area contributed by atoms with Gasteiger partial charge in [0, 0.05) is 18.0 Å². The molecule has 0 aromatic carbocycles. The monoisotopic (exact) mass is 345 g/mol. The predicted octanol–water partition coefficient (Wildman–Crippen LogP) is 4.38. The fourth-order valence-corrected chi connectivity index (χ4v) is 4.76. The zero-order chi connectivity index (χ0) is 13.7. The molecule has 1 aromatic rings. The molecule has 1 aliphatic carbocycles. The van der Waals surface area contributed by atoms with E-state index in [1.54, 1.807) is 0 Å². The first kappa shape index (κ1) is 15.5. The van der Waals surface area contributed by atoms with Crippen LogP contribution in [-0.4, -0.2) is 25.8 Å². The van der Waals surface area contributed by atoms with Gasteiger partial charge < -0.3 is 10.1 Å². The zero-order valence-corrected chi connectivity index (χ0v) is 14.3. The summed E-state index contributed by atoms with van der Waals surface area (Å²) >= 11 is 5.38. The molecule has 19 heavy (non-hydrogen) atoms. The van der Waals surface area contributed by atoms with Crippen LogP contribution in [0.25, 0.3) is 0 Å². The van der Waals surface area contributed by atoms with E-state index in [9.17, 15) is 0 Å². The van der Waals surface area contributed by atoms with Gasteiger partial charge in [-0.3, -0.25) is 0 Å². The minimum Gasteiger partial charge on any atom is -0.377 e. The first-order valence-electron chi connectivity index (χ1n) is 7.17. The van der Waals surface area contributed by atoms with Crippen molar-refractivity contribution in [2.75, 3.05) is 14.2 Å². The minimum atomic E-state index is 0.0156. The Hall–Kier alpha value is 0.1000. The topological polar surface area (TPSA) is 21.3 Å². The van der Waals surface area contributed by atoms with Crippen LogP contribution in [0.5, 0.6) is 0 Å². The predicted molar refractivity (Wildman–Crippen MR) is 86.0 cm³/mol. The van der Waals surface area contributed by atoms with Gasteiger partial charge in [0.2, 0.25) is 0 Å². The van der Waals surface area contributed by atoms with Crippen molar-refractivity contribution >= 4 is 27.3 Å². The van der Waals surface area contributed by atoms with Crippen molar-refractivity contribution in [3.8, 4) is 0 Å². The van der Waals surface area contributed by atoms with Crippen molar-refractivity contribution in [3.05, 3.63) is 20.8 Å². The standard InChI is InChI=1S/C15H24BrNOS/c1-17-13(11-12-7-8-14(16)19-12)15(18-2)9-5-3-4-6-10-15/h7-8,13,17H,3-6,9-11H2,1-2H3. The van der Waals surface area contributed by atoms with E-state index in [-0.39, 0.29) is 5.60 Å². The van der Waals surface area contributed by atoms with Crippen molar-refractivity contribution in [1.82, 2.24) is 5.32 Å². The molecule has 1 saturated carbocycles. The maximum Gasteiger partial charge on any atom is 0.0834 e. The van der Waals surface area contributed by atoms with E-state index >= 15 is 0 Å². The van der Waals surface area contributed by atoms with Gasteiger partial charge in [-0.1, -0.05) is 25.7 Å². The van der Waals surface area contributed by atoms with Gasteiger partial charge in [0.1, 0.15) is 0 Å². The Balaban J connectivity index is 2.12. The van der Waals surface area contributed by atoms with Crippen molar-refractivity contribution < 1.29 is 4.74 Å². The molecular formula is C15H24BrNOS. The van der Waals surface area contributed by atoms with Crippen LogP contribution < -0.4 is 5.32 Å². The number of nitrogens with one attached hydrogen (secondary N) is 1. The van der Waals surface area contributed by atoms with Gasteiger partial charge in [-0.15, -0.1) is 11.3 Å². The molecule has 0 saturated heterocycles. The Labute approximate surface area is 129 Å². The lowest BCUT2D eigenvalue weighted by molar-refractivity contribution is -0.0507. The molecule has 0 radical (unpaired) electrons. The van der Waals surface area contributed by atoms with Crippen molar-refractivity contribution in [2.24, 2.45) is 0 Å². The number of likely N-dealkylation sites (N-methyl/N-ethyl adjacent to an activating group) is 1. The molecule has 0 amide bonds. The fraction of sp³-hybridized carbons (Fsp3) is 0.733. The lowest BCUT2D eigenvalue weighted by atomic mass is 9.84. The average Bonchev–Trinajstić information content (AvgIpc) is 2.69. The molecule has 1 atom stereocenters. The third-order valence-electron chi connectivity index (χ3n) is 4.37. The van der Waals surface area contributed by atoms with Crippen LogP contribution in [0.3, 0.4) is 0 Å². The van der Waals surface area contributed by atoms with Crippen LogP contribution in [0.1, 0.15) is 43.4 Å². The molecule has 1 N–H and O–H groups in total. The van der Waals surface area contributed by atoms with Gasteiger partial charge in [0.05, 0.1) is 9.39 Å². The maximum atomic E-state index is 6.02. The number of hydrogen-bond acceptors (Lipinski definition) is 3. The molecule has 108 valence electrons.